The van der Waals surface area contributed by atoms with Gasteiger partial charge in [0, 0.05) is 5.92 Å². The second-order valence-corrected chi connectivity index (χ2v) is 6.91. The maximum Gasteiger partial charge on any atom is 0.122 e. The maximum absolute atomic E-state index is 10.5. The van der Waals surface area contributed by atoms with E-state index in [0.717, 1.165) is 16.7 Å². The zero-order valence-corrected chi connectivity index (χ0v) is 14.9. The van der Waals surface area contributed by atoms with E-state index < -0.39 is 0 Å². The third-order valence-electron chi connectivity index (χ3n) is 5.28. The minimum absolute atomic E-state index is 0.259. The second-order valence-electron chi connectivity index (χ2n) is 6.91. The third kappa shape index (κ3) is 2.47. The molecule has 0 radical (unpaired) electrons. The van der Waals surface area contributed by atoms with Crippen molar-refractivity contribution in [2.75, 3.05) is 0 Å². The van der Waals surface area contributed by atoms with Gasteiger partial charge in [0.2, 0.25) is 0 Å². The number of aromatic hydroxyl groups is 1. The Labute approximate surface area is 149 Å². The van der Waals surface area contributed by atoms with Gasteiger partial charge in [0.15, 0.2) is 0 Å². The lowest BCUT2D eigenvalue weighted by Gasteiger charge is -2.16. The standard InChI is InChI=1S/C24H22O/c1-15-13-16(2)24(25)17(3)23(15)22-14-21(18-9-5-4-6-10-18)19-11-7-8-12-20(19)22/h4-14,21,25H,1-3H3. The molecule has 0 fully saturated rings. The van der Waals surface area contributed by atoms with Crippen LogP contribution in [0, 0.1) is 20.8 Å². The van der Waals surface area contributed by atoms with Crippen molar-refractivity contribution in [2.45, 2.75) is 26.7 Å². The number of rotatable bonds is 2. The third-order valence-corrected chi connectivity index (χ3v) is 5.28. The fourth-order valence-corrected chi connectivity index (χ4v) is 4.10. The van der Waals surface area contributed by atoms with Crippen LogP contribution in [0.1, 0.15) is 44.9 Å². The molecule has 1 aliphatic rings. The zero-order chi connectivity index (χ0) is 17.6. The van der Waals surface area contributed by atoms with Crippen molar-refractivity contribution < 1.29 is 5.11 Å². The first-order valence-electron chi connectivity index (χ1n) is 8.74. The van der Waals surface area contributed by atoms with Crippen LogP contribution >= 0.6 is 0 Å². The van der Waals surface area contributed by atoms with Gasteiger partial charge in [-0.25, -0.2) is 0 Å². The smallest absolute Gasteiger partial charge is 0.122 e. The van der Waals surface area contributed by atoms with Crippen molar-refractivity contribution in [2.24, 2.45) is 0 Å². The summed E-state index contributed by atoms with van der Waals surface area (Å²) in [5.74, 6) is 0.664. The number of aryl methyl sites for hydroxylation is 2. The van der Waals surface area contributed by atoms with Crippen LogP contribution in [0.5, 0.6) is 5.75 Å². The summed E-state index contributed by atoms with van der Waals surface area (Å²) in [6.45, 7) is 6.11. The summed E-state index contributed by atoms with van der Waals surface area (Å²) in [5, 5.41) is 10.5. The highest BCUT2D eigenvalue weighted by Gasteiger charge is 2.27. The first-order valence-corrected chi connectivity index (χ1v) is 8.74. The van der Waals surface area contributed by atoms with Crippen LogP contribution in [0.15, 0.2) is 66.7 Å². The molecule has 0 bridgehead atoms. The number of hydrogen-bond acceptors (Lipinski definition) is 1. The highest BCUT2D eigenvalue weighted by Crippen LogP contribution is 2.45. The van der Waals surface area contributed by atoms with E-state index >= 15 is 0 Å². The van der Waals surface area contributed by atoms with Crippen LogP contribution in [0.25, 0.3) is 5.57 Å². The number of allylic oxidation sites excluding steroid dienone is 1. The average molecular weight is 326 g/mol. The Morgan fingerprint density at radius 2 is 1.48 bits per heavy atom. The number of fused-ring (bicyclic) bond motifs is 1. The molecule has 1 heteroatoms. The fraction of sp³-hybridized carbons (Fsp3) is 0.167. The molecule has 0 aliphatic heterocycles. The Hall–Kier alpha value is -2.80. The minimum atomic E-state index is 0.259. The van der Waals surface area contributed by atoms with Crippen LogP contribution in [0.4, 0.5) is 0 Å². The molecule has 4 rings (SSSR count). The fourth-order valence-electron chi connectivity index (χ4n) is 4.10. The maximum atomic E-state index is 10.5. The first kappa shape index (κ1) is 15.7. The lowest BCUT2D eigenvalue weighted by atomic mass is 9.90. The van der Waals surface area contributed by atoms with Gasteiger partial charge in [-0.15, -0.1) is 0 Å². The average Bonchev–Trinajstić information content (AvgIpc) is 3.00. The molecule has 1 unspecified atom stereocenters. The zero-order valence-electron chi connectivity index (χ0n) is 14.9. The molecule has 0 saturated carbocycles. The molecular weight excluding hydrogens is 304 g/mol. The summed E-state index contributed by atoms with van der Waals surface area (Å²) in [4.78, 5) is 0. The lowest BCUT2D eigenvalue weighted by molar-refractivity contribution is 0.466. The van der Waals surface area contributed by atoms with E-state index in [9.17, 15) is 5.11 Å². The van der Waals surface area contributed by atoms with Gasteiger partial charge < -0.3 is 5.11 Å². The molecule has 0 saturated heterocycles. The molecular formula is C24H22O. The van der Waals surface area contributed by atoms with Crippen molar-refractivity contribution in [3.8, 4) is 5.75 Å². The highest BCUT2D eigenvalue weighted by atomic mass is 16.3. The Balaban J connectivity index is 1.96. The molecule has 0 spiro atoms. The number of hydrogen-bond donors (Lipinski definition) is 1. The summed E-state index contributed by atoms with van der Waals surface area (Å²) in [6.07, 6.45) is 2.35. The van der Waals surface area contributed by atoms with Crippen molar-refractivity contribution in [1.82, 2.24) is 0 Å². The predicted molar refractivity (Wildman–Crippen MR) is 104 cm³/mol. The molecule has 0 heterocycles. The Bertz CT molecular complexity index is 980. The van der Waals surface area contributed by atoms with Crippen LogP contribution in [-0.4, -0.2) is 5.11 Å². The first-order chi connectivity index (χ1) is 12.1. The molecule has 1 N–H and O–H groups in total. The van der Waals surface area contributed by atoms with Gasteiger partial charge in [0.05, 0.1) is 0 Å². The minimum Gasteiger partial charge on any atom is -0.507 e. The van der Waals surface area contributed by atoms with E-state index in [1.165, 1.54) is 27.8 Å². The van der Waals surface area contributed by atoms with E-state index in [1.54, 1.807) is 0 Å². The topological polar surface area (TPSA) is 20.2 Å². The molecule has 3 aromatic rings. The SMILES string of the molecule is Cc1cc(C)c(C2=CC(c3ccccc3)c3ccccc32)c(C)c1O. The van der Waals surface area contributed by atoms with E-state index in [0.29, 0.717) is 5.75 Å². The van der Waals surface area contributed by atoms with Gasteiger partial charge in [-0.05, 0) is 65.3 Å². The van der Waals surface area contributed by atoms with Gasteiger partial charge in [-0.1, -0.05) is 66.7 Å². The number of benzene rings is 3. The molecule has 1 aliphatic carbocycles. The number of phenols is 1. The van der Waals surface area contributed by atoms with Crippen molar-refractivity contribution in [3.63, 3.8) is 0 Å². The van der Waals surface area contributed by atoms with Gasteiger partial charge in [0.1, 0.15) is 5.75 Å². The molecule has 25 heavy (non-hydrogen) atoms. The summed E-state index contributed by atoms with van der Waals surface area (Å²) in [7, 11) is 0. The predicted octanol–water partition coefficient (Wildman–Crippen LogP) is 5.89. The van der Waals surface area contributed by atoms with Gasteiger partial charge >= 0.3 is 0 Å². The molecule has 3 aromatic carbocycles. The molecule has 1 nitrogen and oxygen atoms in total. The summed E-state index contributed by atoms with van der Waals surface area (Å²) >= 11 is 0. The Morgan fingerprint density at radius 1 is 0.800 bits per heavy atom. The van der Waals surface area contributed by atoms with Crippen molar-refractivity contribution in [1.29, 1.82) is 0 Å². The van der Waals surface area contributed by atoms with E-state index in [-0.39, 0.29) is 5.92 Å². The largest absolute Gasteiger partial charge is 0.507 e. The summed E-state index contributed by atoms with van der Waals surface area (Å²) in [5.41, 5.74) is 9.41. The monoisotopic (exact) mass is 326 g/mol. The molecule has 1 atom stereocenters. The summed E-state index contributed by atoms with van der Waals surface area (Å²) < 4.78 is 0. The normalized spacial score (nSPS) is 15.8. The van der Waals surface area contributed by atoms with Gasteiger partial charge in [0.25, 0.3) is 0 Å². The van der Waals surface area contributed by atoms with Crippen LogP contribution in [0.2, 0.25) is 0 Å². The van der Waals surface area contributed by atoms with E-state index in [1.807, 2.05) is 13.8 Å². The Morgan fingerprint density at radius 3 is 2.24 bits per heavy atom. The number of phenolic OH excluding ortho intramolecular Hbond substituents is 1. The van der Waals surface area contributed by atoms with E-state index in [2.05, 4.69) is 73.7 Å². The molecule has 0 amide bonds. The van der Waals surface area contributed by atoms with Crippen LogP contribution in [-0.2, 0) is 0 Å². The van der Waals surface area contributed by atoms with Gasteiger partial charge in [-0.3, -0.25) is 0 Å². The van der Waals surface area contributed by atoms with Crippen LogP contribution in [0.3, 0.4) is 0 Å². The highest BCUT2D eigenvalue weighted by molar-refractivity contribution is 5.90. The molecule has 124 valence electrons. The Kier molecular flexibility index (Phi) is 3.73. The van der Waals surface area contributed by atoms with Gasteiger partial charge in [-0.2, -0.15) is 0 Å². The quantitative estimate of drug-likeness (QED) is 0.622. The second kappa shape index (κ2) is 5.93. The van der Waals surface area contributed by atoms with Crippen molar-refractivity contribution in [3.05, 3.63) is 106 Å². The summed E-state index contributed by atoms with van der Waals surface area (Å²) in [6, 6.07) is 21.3. The van der Waals surface area contributed by atoms with E-state index in [4.69, 9.17) is 0 Å². The lowest BCUT2D eigenvalue weighted by Crippen LogP contribution is -1.96. The van der Waals surface area contributed by atoms with Crippen molar-refractivity contribution >= 4 is 5.57 Å². The molecule has 0 aromatic heterocycles. The van der Waals surface area contributed by atoms with Crippen LogP contribution < -0.4 is 0 Å².